The van der Waals surface area contributed by atoms with E-state index in [1.807, 2.05) is 19.9 Å². The number of nitrogens with one attached hydrogen (secondary N) is 1. The van der Waals surface area contributed by atoms with Crippen molar-refractivity contribution in [3.63, 3.8) is 0 Å². The molecule has 0 atom stereocenters. The Kier molecular flexibility index (Phi) is 6.35. The average Bonchev–Trinajstić information content (AvgIpc) is 2.62. The number of hydrogen-bond acceptors (Lipinski definition) is 5. The maximum atomic E-state index is 12.1. The zero-order valence-corrected chi connectivity index (χ0v) is 16.5. The van der Waals surface area contributed by atoms with Gasteiger partial charge in [-0.1, -0.05) is 12.1 Å². The molecule has 0 aliphatic carbocycles. The highest BCUT2D eigenvalue weighted by Crippen LogP contribution is 2.17. The van der Waals surface area contributed by atoms with Gasteiger partial charge < -0.3 is 10.1 Å². The van der Waals surface area contributed by atoms with E-state index in [2.05, 4.69) is 5.32 Å². The molecule has 1 N–H and O–H groups in total. The second-order valence-electron chi connectivity index (χ2n) is 6.18. The highest BCUT2D eigenvalue weighted by molar-refractivity contribution is 7.89. The zero-order chi connectivity index (χ0) is 20.2. The van der Waals surface area contributed by atoms with Crippen LogP contribution < -0.4 is 5.32 Å². The number of hydrogen-bond donors (Lipinski definition) is 1. The highest BCUT2D eigenvalue weighted by atomic mass is 32.2. The van der Waals surface area contributed by atoms with E-state index in [0.717, 1.165) is 15.4 Å². The molecule has 1 amide bonds. The standard InChI is InChI=1S/C19H22N2O5S/c1-13-6-5-7-17(14(13)2)19(23)26-12-18(22)20-15-8-10-16(11-9-15)27(24,25)21(3)4/h5-11H,12H2,1-4H3,(H,20,22). The Morgan fingerprint density at radius 3 is 2.26 bits per heavy atom. The summed E-state index contributed by atoms with van der Waals surface area (Å²) >= 11 is 0. The largest absolute Gasteiger partial charge is 0.452 e. The fourth-order valence-electron chi connectivity index (χ4n) is 2.30. The molecule has 2 aromatic carbocycles. The van der Waals surface area contributed by atoms with E-state index in [9.17, 15) is 18.0 Å². The van der Waals surface area contributed by atoms with Crippen LogP contribution in [0.5, 0.6) is 0 Å². The average molecular weight is 390 g/mol. The lowest BCUT2D eigenvalue weighted by molar-refractivity contribution is -0.119. The summed E-state index contributed by atoms with van der Waals surface area (Å²) in [5.74, 6) is -1.09. The third-order valence-electron chi connectivity index (χ3n) is 4.08. The first-order chi connectivity index (χ1) is 12.6. The Morgan fingerprint density at radius 1 is 1.04 bits per heavy atom. The molecular weight excluding hydrogens is 368 g/mol. The molecule has 0 aromatic heterocycles. The number of benzene rings is 2. The number of ether oxygens (including phenoxy) is 1. The van der Waals surface area contributed by atoms with Gasteiger partial charge in [0.25, 0.3) is 5.91 Å². The van der Waals surface area contributed by atoms with E-state index >= 15 is 0 Å². The van der Waals surface area contributed by atoms with Crippen molar-refractivity contribution in [1.82, 2.24) is 4.31 Å². The number of rotatable bonds is 6. The van der Waals surface area contributed by atoms with Crippen molar-refractivity contribution in [3.05, 3.63) is 59.2 Å². The van der Waals surface area contributed by atoms with Crippen LogP contribution in [0.1, 0.15) is 21.5 Å². The van der Waals surface area contributed by atoms with Crippen LogP contribution in [0.2, 0.25) is 0 Å². The summed E-state index contributed by atoms with van der Waals surface area (Å²) in [4.78, 5) is 24.2. The first kappa shape index (κ1) is 20.6. The molecule has 0 saturated heterocycles. The third kappa shape index (κ3) is 4.93. The molecule has 2 aromatic rings. The van der Waals surface area contributed by atoms with Gasteiger partial charge in [-0.3, -0.25) is 4.79 Å². The highest BCUT2D eigenvalue weighted by Gasteiger charge is 2.17. The summed E-state index contributed by atoms with van der Waals surface area (Å²) in [7, 11) is -0.651. The van der Waals surface area contributed by atoms with Crippen LogP contribution >= 0.6 is 0 Å². The van der Waals surface area contributed by atoms with Gasteiger partial charge >= 0.3 is 5.97 Å². The summed E-state index contributed by atoms with van der Waals surface area (Å²) in [6, 6.07) is 11.0. The summed E-state index contributed by atoms with van der Waals surface area (Å²) in [5, 5.41) is 2.56. The number of carbonyl (C=O) groups excluding carboxylic acids is 2. The van der Waals surface area contributed by atoms with E-state index in [0.29, 0.717) is 11.3 Å². The number of amides is 1. The van der Waals surface area contributed by atoms with Crippen molar-refractivity contribution in [2.75, 3.05) is 26.0 Å². The normalized spacial score (nSPS) is 11.3. The Bertz CT molecular complexity index is 951. The minimum atomic E-state index is -3.53. The van der Waals surface area contributed by atoms with Gasteiger partial charge in [-0.2, -0.15) is 0 Å². The lowest BCUT2D eigenvalue weighted by Gasteiger charge is -2.12. The predicted molar refractivity (Wildman–Crippen MR) is 102 cm³/mol. The van der Waals surface area contributed by atoms with Crippen LogP contribution in [0, 0.1) is 13.8 Å². The minimum Gasteiger partial charge on any atom is -0.452 e. The van der Waals surface area contributed by atoms with Crippen LogP contribution in [0.25, 0.3) is 0 Å². The van der Waals surface area contributed by atoms with Crippen LogP contribution in [0.3, 0.4) is 0 Å². The lowest BCUT2D eigenvalue weighted by Crippen LogP contribution is -2.23. The van der Waals surface area contributed by atoms with Crippen LogP contribution in [0.4, 0.5) is 5.69 Å². The van der Waals surface area contributed by atoms with Crippen LogP contribution in [-0.2, 0) is 19.6 Å². The molecule has 27 heavy (non-hydrogen) atoms. The number of anilines is 1. The monoisotopic (exact) mass is 390 g/mol. The molecule has 0 bridgehead atoms. The molecule has 0 heterocycles. The molecule has 0 unspecified atom stereocenters. The quantitative estimate of drug-likeness (QED) is 0.765. The number of aryl methyl sites for hydroxylation is 1. The van der Waals surface area contributed by atoms with Crippen molar-refractivity contribution in [1.29, 1.82) is 0 Å². The fraction of sp³-hybridized carbons (Fsp3) is 0.263. The van der Waals surface area contributed by atoms with Crippen molar-refractivity contribution in [2.45, 2.75) is 18.7 Å². The maximum Gasteiger partial charge on any atom is 0.338 e. The smallest absolute Gasteiger partial charge is 0.338 e. The summed E-state index contributed by atoms with van der Waals surface area (Å²) in [6.07, 6.45) is 0. The van der Waals surface area contributed by atoms with Crippen molar-refractivity contribution >= 4 is 27.6 Å². The van der Waals surface area contributed by atoms with E-state index in [1.165, 1.54) is 38.4 Å². The summed E-state index contributed by atoms with van der Waals surface area (Å²) < 4.78 is 30.2. The molecule has 7 nitrogen and oxygen atoms in total. The number of carbonyl (C=O) groups is 2. The van der Waals surface area contributed by atoms with Crippen LogP contribution in [-0.4, -0.2) is 45.3 Å². The Labute approximate surface area is 159 Å². The third-order valence-corrected chi connectivity index (χ3v) is 5.90. The minimum absolute atomic E-state index is 0.117. The van der Waals surface area contributed by atoms with Crippen molar-refractivity contribution in [3.8, 4) is 0 Å². The molecule has 8 heteroatoms. The maximum absolute atomic E-state index is 12.1. The lowest BCUT2D eigenvalue weighted by atomic mass is 10.0. The van der Waals surface area contributed by atoms with Gasteiger partial charge in [0.2, 0.25) is 10.0 Å². The zero-order valence-electron chi connectivity index (χ0n) is 15.6. The molecule has 0 spiro atoms. The van der Waals surface area contributed by atoms with Gasteiger partial charge in [-0.05, 0) is 55.3 Å². The number of sulfonamides is 1. The van der Waals surface area contributed by atoms with Crippen LogP contribution in [0.15, 0.2) is 47.4 Å². The van der Waals surface area contributed by atoms with Gasteiger partial charge in [0, 0.05) is 19.8 Å². The molecule has 0 saturated carbocycles. The molecule has 0 aliphatic heterocycles. The molecular formula is C19H22N2O5S. The Morgan fingerprint density at radius 2 is 1.67 bits per heavy atom. The molecule has 0 fully saturated rings. The number of esters is 1. The van der Waals surface area contributed by atoms with Gasteiger partial charge in [-0.15, -0.1) is 0 Å². The molecule has 2 rings (SSSR count). The Hall–Kier alpha value is -2.71. The molecule has 144 valence electrons. The predicted octanol–water partition coefficient (Wildman–Crippen LogP) is 2.35. The van der Waals surface area contributed by atoms with E-state index in [4.69, 9.17) is 4.74 Å². The second kappa shape index (κ2) is 8.32. The topological polar surface area (TPSA) is 92.8 Å². The SMILES string of the molecule is Cc1cccc(C(=O)OCC(=O)Nc2ccc(S(=O)(=O)N(C)C)cc2)c1C. The fourth-order valence-corrected chi connectivity index (χ4v) is 3.20. The summed E-state index contributed by atoms with van der Waals surface area (Å²) in [6.45, 7) is 3.26. The Balaban J connectivity index is 1.96. The van der Waals surface area contributed by atoms with Crippen molar-refractivity contribution in [2.24, 2.45) is 0 Å². The first-order valence-corrected chi connectivity index (χ1v) is 9.62. The molecule has 0 aliphatic rings. The van der Waals surface area contributed by atoms with E-state index in [1.54, 1.807) is 12.1 Å². The number of nitrogens with zero attached hydrogens (tertiary/aromatic N) is 1. The van der Waals surface area contributed by atoms with E-state index in [-0.39, 0.29) is 4.90 Å². The van der Waals surface area contributed by atoms with Crippen molar-refractivity contribution < 1.29 is 22.7 Å². The van der Waals surface area contributed by atoms with Gasteiger partial charge in [-0.25, -0.2) is 17.5 Å². The van der Waals surface area contributed by atoms with E-state index < -0.39 is 28.5 Å². The first-order valence-electron chi connectivity index (χ1n) is 8.18. The van der Waals surface area contributed by atoms with Gasteiger partial charge in [0.15, 0.2) is 6.61 Å². The van der Waals surface area contributed by atoms with Gasteiger partial charge in [0.05, 0.1) is 10.5 Å². The molecule has 0 radical (unpaired) electrons. The second-order valence-corrected chi connectivity index (χ2v) is 8.34. The van der Waals surface area contributed by atoms with Gasteiger partial charge in [0.1, 0.15) is 0 Å². The summed E-state index contributed by atoms with van der Waals surface area (Å²) in [5.41, 5.74) is 2.59.